The van der Waals surface area contributed by atoms with Crippen LogP contribution in [0.1, 0.15) is 11.8 Å². The number of hydrogen-bond donors (Lipinski definition) is 0. The number of aromatic nitrogens is 2. The number of carbonyl (C=O) groups excluding carboxylic acids is 1. The number of amides is 1. The van der Waals surface area contributed by atoms with Crippen LogP contribution in [0.3, 0.4) is 0 Å². The number of carbonyl (C=O) groups is 1. The highest BCUT2D eigenvalue weighted by molar-refractivity contribution is 7.16. The normalized spacial score (nSPS) is 10.6. The van der Waals surface area contributed by atoms with Gasteiger partial charge in [-0.1, -0.05) is 11.6 Å². The summed E-state index contributed by atoms with van der Waals surface area (Å²) in [6.45, 7) is 3.05. The average molecular weight is 378 g/mol. The Morgan fingerprint density at radius 1 is 1.28 bits per heavy atom. The smallest absolute Gasteiger partial charge is 0.260 e. The van der Waals surface area contributed by atoms with Crippen LogP contribution < -0.4 is 4.74 Å². The number of halogens is 1. The lowest BCUT2D eigenvalue weighted by atomic mass is 10.2. The molecule has 0 radical (unpaired) electrons. The van der Waals surface area contributed by atoms with Gasteiger partial charge in [-0.25, -0.2) is 0 Å². The van der Waals surface area contributed by atoms with Crippen molar-refractivity contribution in [3.05, 3.63) is 52.0 Å². The number of likely N-dealkylation sites (N-methyl/N-ethyl adjacent to an activating group) is 1. The van der Waals surface area contributed by atoms with E-state index >= 15 is 0 Å². The third kappa shape index (κ3) is 4.58. The van der Waals surface area contributed by atoms with Crippen molar-refractivity contribution in [2.24, 2.45) is 0 Å². The van der Waals surface area contributed by atoms with Gasteiger partial charge in [-0.2, -0.15) is 0 Å². The van der Waals surface area contributed by atoms with Crippen LogP contribution in [0.2, 0.25) is 4.34 Å². The first-order valence-corrected chi connectivity index (χ1v) is 8.86. The van der Waals surface area contributed by atoms with Crippen molar-refractivity contribution in [2.75, 3.05) is 13.2 Å². The number of hydrogen-bond acceptors (Lipinski definition) is 6. The SMILES string of the molecule is CCN(Cc1ccc(Cl)s1)C(=O)COc1ccc(-c2nnco2)cc1. The second kappa shape index (κ2) is 8.13. The molecule has 0 N–H and O–H groups in total. The fourth-order valence-corrected chi connectivity index (χ4v) is 3.33. The lowest BCUT2D eigenvalue weighted by molar-refractivity contribution is -0.133. The third-order valence-corrected chi connectivity index (χ3v) is 4.75. The molecule has 0 aliphatic rings. The van der Waals surface area contributed by atoms with Gasteiger partial charge in [-0.15, -0.1) is 21.5 Å². The van der Waals surface area contributed by atoms with E-state index < -0.39 is 0 Å². The lowest BCUT2D eigenvalue weighted by Crippen LogP contribution is -2.34. The molecular weight excluding hydrogens is 362 g/mol. The minimum Gasteiger partial charge on any atom is -0.484 e. The second-order valence-electron chi connectivity index (χ2n) is 5.17. The van der Waals surface area contributed by atoms with E-state index in [2.05, 4.69) is 10.2 Å². The van der Waals surface area contributed by atoms with Gasteiger partial charge in [0.2, 0.25) is 12.3 Å². The van der Waals surface area contributed by atoms with Crippen LogP contribution >= 0.6 is 22.9 Å². The van der Waals surface area contributed by atoms with Gasteiger partial charge in [-0.3, -0.25) is 4.79 Å². The fourth-order valence-electron chi connectivity index (χ4n) is 2.23. The van der Waals surface area contributed by atoms with Crippen LogP contribution in [0, 0.1) is 0 Å². The van der Waals surface area contributed by atoms with E-state index in [0.29, 0.717) is 24.7 Å². The number of nitrogens with zero attached hydrogens (tertiary/aromatic N) is 3. The number of ether oxygens (including phenoxy) is 1. The molecule has 0 saturated carbocycles. The summed E-state index contributed by atoms with van der Waals surface area (Å²) in [7, 11) is 0. The molecule has 2 aromatic heterocycles. The fraction of sp³-hybridized carbons (Fsp3) is 0.235. The van der Waals surface area contributed by atoms with Crippen molar-refractivity contribution < 1.29 is 13.9 Å². The van der Waals surface area contributed by atoms with Crippen LogP contribution in [0.5, 0.6) is 5.75 Å². The topological polar surface area (TPSA) is 68.5 Å². The molecule has 2 heterocycles. The largest absolute Gasteiger partial charge is 0.484 e. The number of rotatable bonds is 7. The highest BCUT2D eigenvalue weighted by Gasteiger charge is 2.14. The Morgan fingerprint density at radius 3 is 2.68 bits per heavy atom. The van der Waals surface area contributed by atoms with E-state index in [4.69, 9.17) is 20.8 Å². The van der Waals surface area contributed by atoms with Gasteiger partial charge in [0.05, 0.1) is 10.9 Å². The van der Waals surface area contributed by atoms with Gasteiger partial charge < -0.3 is 14.1 Å². The molecule has 3 rings (SSSR count). The first kappa shape index (κ1) is 17.4. The zero-order chi connectivity index (χ0) is 17.6. The highest BCUT2D eigenvalue weighted by atomic mass is 35.5. The van der Waals surface area contributed by atoms with Gasteiger partial charge in [0.1, 0.15) is 5.75 Å². The molecule has 0 saturated heterocycles. The number of benzene rings is 1. The first-order chi connectivity index (χ1) is 12.2. The van der Waals surface area contributed by atoms with Gasteiger partial charge in [0.15, 0.2) is 6.61 Å². The molecule has 0 atom stereocenters. The molecule has 3 aromatic rings. The van der Waals surface area contributed by atoms with Crippen molar-refractivity contribution in [2.45, 2.75) is 13.5 Å². The average Bonchev–Trinajstić information content (AvgIpc) is 3.30. The molecule has 25 heavy (non-hydrogen) atoms. The molecule has 0 unspecified atom stereocenters. The van der Waals surface area contributed by atoms with Gasteiger partial charge >= 0.3 is 0 Å². The van der Waals surface area contributed by atoms with Gasteiger partial charge in [0, 0.05) is 17.0 Å². The summed E-state index contributed by atoms with van der Waals surface area (Å²) in [5.74, 6) is 0.967. The maximum Gasteiger partial charge on any atom is 0.260 e. The van der Waals surface area contributed by atoms with E-state index in [1.807, 2.05) is 19.1 Å². The summed E-state index contributed by atoms with van der Waals surface area (Å²) in [5.41, 5.74) is 0.793. The Balaban J connectivity index is 1.55. The summed E-state index contributed by atoms with van der Waals surface area (Å²) in [6, 6.07) is 10.9. The van der Waals surface area contributed by atoms with Gasteiger partial charge in [-0.05, 0) is 43.3 Å². The molecule has 6 nitrogen and oxygen atoms in total. The van der Waals surface area contributed by atoms with Gasteiger partial charge in [0.25, 0.3) is 5.91 Å². The predicted octanol–water partition coefficient (Wildman–Crippen LogP) is 3.88. The Bertz CT molecular complexity index is 818. The molecule has 0 bridgehead atoms. The van der Waals surface area contributed by atoms with Crippen molar-refractivity contribution in [3.8, 4) is 17.2 Å². The zero-order valence-corrected chi connectivity index (χ0v) is 15.1. The van der Waals surface area contributed by atoms with Crippen molar-refractivity contribution in [1.29, 1.82) is 0 Å². The van der Waals surface area contributed by atoms with E-state index in [0.717, 1.165) is 14.8 Å². The Hall–Kier alpha value is -2.38. The standard InChI is InChI=1S/C17H16ClN3O3S/c1-2-21(9-14-7-8-15(18)25-14)16(22)10-23-13-5-3-12(4-6-13)17-20-19-11-24-17/h3-8,11H,2,9-10H2,1H3. The summed E-state index contributed by atoms with van der Waals surface area (Å²) in [5, 5.41) is 7.48. The minimum absolute atomic E-state index is 0.0210. The van der Waals surface area contributed by atoms with Crippen LogP contribution in [-0.4, -0.2) is 34.2 Å². The van der Waals surface area contributed by atoms with Crippen LogP contribution in [0.4, 0.5) is 0 Å². The number of thiophene rings is 1. The Morgan fingerprint density at radius 2 is 2.08 bits per heavy atom. The zero-order valence-electron chi connectivity index (χ0n) is 13.5. The monoisotopic (exact) mass is 377 g/mol. The van der Waals surface area contributed by atoms with E-state index in [1.165, 1.54) is 17.7 Å². The van der Waals surface area contributed by atoms with Crippen LogP contribution in [-0.2, 0) is 11.3 Å². The summed E-state index contributed by atoms with van der Waals surface area (Å²) < 4.78 is 11.4. The maximum absolute atomic E-state index is 12.4. The van der Waals surface area contributed by atoms with E-state index in [-0.39, 0.29) is 12.5 Å². The van der Waals surface area contributed by atoms with Crippen molar-refractivity contribution >= 4 is 28.8 Å². The van der Waals surface area contributed by atoms with Crippen molar-refractivity contribution in [1.82, 2.24) is 15.1 Å². The lowest BCUT2D eigenvalue weighted by Gasteiger charge is -2.20. The highest BCUT2D eigenvalue weighted by Crippen LogP contribution is 2.23. The molecule has 1 aromatic carbocycles. The van der Waals surface area contributed by atoms with E-state index in [1.54, 1.807) is 29.2 Å². The molecule has 0 aliphatic heterocycles. The third-order valence-electron chi connectivity index (χ3n) is 3.53. The molecule has 0 spiro atoms. The summed E-state index contributed by atoms with van der Waals surface area (Å²) in [6.07, 6.45) is 1.28. The summed E-state index contributed by atoms with van der Waals surface area (Å²) >= 11 is 7.41. The molecule has 130 valence electrons. The van der Waals surface area contributed by atoms with Crippen LogP contribution in [0.25, 0.3) is 11.5 Å². The quantitative estimate of drug-likeness (QED) is 0.625. The molecule has 1 amide bonds. The molecule has 0 aliphatic carbocycles. The van der Waals surface area contributed by atoms with Crippen LogP contribution in [0.15, 0.2) is 47.2 Å². The molecule has 0 fully saturated rings. The predicted molar refractivity (Wildman–Crippen MR) is 95.6 cm³/mol. The first-order valence-electron chi connectivity index (χ1n) is 7.67. The van der Waals surface area contributed by atoms with Crippen molar-refractivity contribution in [3.63, 3.8) is 0 Å². The summed E-state index contributed by atoms with van der Waals surface area (Å²) in [4.78, 5) is 15.1. The molecule has 8 heteroatoms. The second-order valence-corrected chi connectivity index (χ2v) is 6.97. The Kier molecular flexibility index (Phi) is 5.67. The Labute approximate surface area is 154 Å². The van der Waals surface area contributed by atoms with E-state index in [9.17, 15) is 4.79 Å². The minimum atomic E-state index is -0.0759. The maximum atomic E-state index is 12.4. The molecular formula is C17H16ClN3O3S.